The van der Waals surface area contributed by atoms with E-state index in [4.69, 9.17) is 5.73 Å². The summed E-state index contributed by atoms with van der Waals surface area (Å²) in [5.41, 5.74) is 7.56. The Labute approximate surface area is 117 Å². The highest BCUT2D eigenvalue weighted by molar-refractivity contribution is 14.1. The van der Waals surface area contributed by atoms with Crippen molar-refractivity contribution in [1.82, 2.24) is 0 Å². The number of rotatable bonds is 2. The Balaban J connectivity index is 2.43. The van der Waals surface area contributed by atoms with Crippen LogP contribution in [0.3, 0.4) is 0 Å². The average molecular weight is 360 g/mol. The molecule has 0 spiro atoms. The van der Waals surface area contributed by atoms with Gasteiger partial charge in [0.1, 0.15) is 11.6 Å². The molecule has 5 heteroatoms. The van der Waals surface area contributed by atoms with Gasteiger partial charge in [0.2, 0.25) is 0 Å². The number of benzene rings is 2. The van der Waals surface area contributed by atoms with Crippen molar-refractivity contribution in [2.45, 2.75) is 6.92 Å². The molecule has 0 aliphatic rings. The van der Waals surface area contributed by atoms with E-state index in [2.05, 4.69) is 5.32 Å². The van der Waals surface area contributed by atoms with Gasteiger partial charge in [-0.05, 0) is 47.2 Å². The van der Waals surface area contributed by atoms with Gasteiger partial charge in [0.25, 0.3) is 0 Å². The van der Waals surface area contributed by atoms with Crippen LogP contribution < -0.4 is 11.1 Å². The summed E-state index contributed by atoms with van der Waals surface area (Å²) in [6, 6.07) is 7.50. The van der Waals surface area contributed by atoms with E-state index in [1.54, 1.807) is 19.1 Å². The molecule has 0 aliphatic heterocycles. The van der Waals surface area contributed by atoms with E-state index in [1.807, 2.05) is 22.6 Å². The highest BCUT2D eigenvalue weighted by atomic mass is 127. The summed E-state index contributed by atoms with van der Waals surface area (Å²) in [5, 5.41) is 2.83. The Morgan fingerprint density at radius 3 is 2.56 bits per heavy atom. The van der Waals surface area contributed by atoms with Crippen LogP contribution in [0.2, 0.25) is 0 Å². The molecule has 0 heterocycles. The molecular formula is C13H11F2IN2. The number of nitrogens with two attached hydrogens (primary N) is 1. The van der Waals surface area contributed by atoms with E-state index in [9.17, 15) is 8.78 Å². The van der Waals surface area contributed by atoms with Crippen molar-refractivity contribution in [1.29, 1.82) is 0 Å². The minimum Gasteiger partial charge on any atom is -0.397 e. The number of hydrogen-bond donors (Lipinski definition) is 2. The molecule has 0 radical (unpaired) electrons. The van der Waals surface area contributed by atoms with Crippen molar-refractivity contribution in [3.05, 3.63) is 51.1 Å². The second-order valence-corrected chi connectivity index (χ2v) is 5.07. The molecule has 0 aliphatic carbocycles. The Bertz CT molecular complexity index is 580. The third-order valence-corrected chi connectivity index (χ3v) is 3.40. The van der Waals surface area contributed by atoms with Crippen LogP contribution in [0.4, 0.5) is 25.8 Å². The normalized spacial score (nSPS) is 10.4. The highest BCUT2D eigenvalue weighted by Gasteiger charge is 2.10. The van der Waals surface area contributed by atoms with E-state index >= 15 is 0 Å². The predicted molar refractivity (Wildman–Crippen MR) is 77.9 cm³/mol. The lowest BCUT2D eigenvalue weighted by Crippen LogP contribution is -2.01. The molecule has 2 nitrogen and oxygen atoms in total. The highest BCUT2D eigenvalue weighted by Crippen LogP contribution is 2.29. The maximum absolute atomic E-state index is 13.6. The number of hydrogen-bond acceptors (Lipinski definition) is 2. The van der Waals surface area contributed by atoms with Crippen molar-refractivity contribution in [3.8, 4) is 0 Å². The third kappa shape index (κ3) is 2.55. The first-order chi connectivity index (χ1) is 8.49. The molecule has 0 aromatic heterocycles. The smallest absolute Gasteiger partial charge is 0.146 e. The van der Waals surface area contributed by atoms with E-state index in [1.165, 1.54) is 18.2 Å². The minimum absolute atomic E-state index is 0.310. The maximum atomic E-state index is 13.6. The van der Waals surface area contributed by atoms with Gasteiger partial charge >= 0.3 is 0 Å². The van der Waals surface area contributed by atoms with Crippen LogP contribution in [0.15, 0.2) is 30.3 Å². The molecule has 94 valence electrons. The van der Waals surface area contributed by atoms with Gasteiger partial charge in [-0.15, -0.1) is 0 Å². The van der Waals surface area contributed by atoms with Crippen LogP contribution >= 0.6 is 22.6 Å². The summed E-state index contributed by atoms with van der Waals surface area (Å²) in [5.74, 6) is -0.783. The number of halogens is 3. The van der Waals surface area contributed by atoms with E-state index < -0.39 is 5.82 Å². The van der Waals surface area contributed by atoms with E-state index in [-0.39, 0.29) is 5.82 Å². The molecule has 2 rings (SSSR count). The average Bonchev–Trinajstić information content (AvgIpc) is 2.30. The first-order valence-electron chi connectivity index (χ1n) is 5.25. The molecule has 0 atom stereocenters. The standard InChI is InChI=1S/C13H11F2IN2/c1-7-3-2-4-8(14)13(7)18-12-5-9(15)10(16)6-11(12)17/h2-6,18H,17H2,1H3. The van der Waals surface area contributed by atoms with Gasteiger partial charge in [-0.3, -0.25) is 0 Å². The van der Waals surface area contributed by atoms with Gasteiger partial charge < -0.3 is 11.1 Å². The summed E-state index contributed by atoms with van der Waals surface area (Å²) in [6.45, 7) is 1.77. The quantitative estimate of drug-likeness (QED) is 0.622. The zero-order valence-electron chi connectivity index (χ0n) is 9.60. The molecule has 18 heavy (non-hydrogen) atoms. The Morgan fingerprint density at radius 2 is 1.89 bits per heavy atom. The van der Waals surface area contributed by atoms with Crippen molar-refractivity contribution in [3.63, 3.8) is 0 Å². The summed E-state index contributed by atoms with van der Waals surface area (Å²) in [4.78, 5) is 0. The van der Waals surface area contributed by atoms with Crippen LogP contribution in [0.1, 0.15) is 5.56 Å². The summed E-state index contributed by atoms with van der Waals surface area (Å²) >= 11 is 1.85. The number of nitrogen functional groups attached to an aromatic ring is 1. The fourth-order valence-electron chi connectivity index (χ4n) is 1.60. The SMILES string of the molecule is Cc1cccc(F)c1Nc1cc(F)c(I)cc1N. The number of aryl methyl sites for hydroxylation is 1. The first kappa shape index (κ1) is 13.1. The van der Waals surface area contributed by atoms with Crippen molar-refractivity contribution in [2.24, 2.45) is 0 Å². The second-order valence-electron chi connectivity index (χ2n) is 3.91. The zero-order valence-corrected chi connectivity index (χ0v) is 11.8. The van der Waals surface area contributed by atoms with Crippen LogP contribution in [-0.4, -0.2) is 0 Å². The van der Waals surface area contributed by atoms with Crippen molar-refractivity contribution >= 4 is 39.7 Å². The molecule has 3 N–H and O–H groups in total. The van der Waals surface area contributed by atoms with Crippen LogP contribution in [0, 0.1) is 22.1 Å². The van der Waals surface area contributed by atoms with E-state index in [0.717, 1.165) is 5.56 Å². The lowest BCUT2D eigenvalue weighted by molar-refractivity contribution is 0.620. The van der Waals surface area contributed by atoms with Gasteiger partial charge in [0.05, 0.1) is 20.6 Å². The summed E-state index contributed by atoms with van der Waals surface area (Å²) in [7, 11) is 0. The Hall–Kier alpha value is -1.37. The molecule has 0 saturated carbocycles. The molecule has 0 bridgehead atoms. The number of anilines is 3. The Kier molecular flexibility index (Phi) is 3.70. The van der Waals surface area contributed by atoms with Gasteiger partial charge in [-0.1, -0.05) is 12.1 Å². The summed E-state index contributed by atoms with van der Waals surface area (Å²) < 4.78 is 27.5. The monoisotopic (exact) mass is 360 g/mol. The van der Waals surface area contributed by atoms with E-state index in [0.29, 0.717) is 20.6 Å². The van der Waals surface area contributed by atoms with Crippen molar-refractivity contribution in [2.75, 3.05) is 11.1 Å². The molecular weight excluding hydrogens is 349 g/mol. The maximum Gasteiger partial charge on any atom is 0.146 e. The van der Waals surface area contributed by atoms with Gasteiger partial charge in [-0.2, -0.15) is 0 Å². The zero-order chi connectivity index (χ0) is 13.3. The number of nitrogens with one attached hydrogen (secondary N) is 1. The van der Waals surface area contributed by atoms with Crippen LogP contribution in [0.5, 0.6) is 0 Å². The molecule has 2 aromatic rings. The van der Waals surface area contributed by atoms with Crippen LogP contribution in [0.25, 0.3) is 0 Å². The predicted octanol–water partition coefficient (Wildman–Crippen LogP) is 4.20. The van der Waals surface area contributed by atoms with Crippen LogP contribution in [-0.2, 0) is 0 Å². The lowest BCUT2D eigenvalue weighted by atomic mass is 10.1. The molecule has 0 fully saturated rings. The second kappa shape index (κ2) is 5.09. The summed E-state index contributed by atoms with van der Waals surface area (Å²) in [6.07, 6.45) is 0. The molecule has 2 aromatic carbocycles. The molecule has 0 unspecified atom stereocenters. The fraction of sp³-hybridized carbons (Fsp3) is 0.0769. The lowest BCUT2D eigenvalue weighted by Gasteiger charge is -2.13. The largest absolute Gasteiger partial charge is 0.397 e. The molecule has 0 amide bonds. The topological polar surface area (TPSA) is 38.0 Å². The first-order valence-corrected chi connectivity index (χ1v) is 6.33. The van der Waals surface area contributed by atoms with Gasteiger partial charge in [0.15, 0.2) is 0 Å². The number of para-hydroxylation sites is 1. The van der Waals surface area contributed by atoms with Gasteiger partial charge in [-0.25, -0.2) is 8.78 Å². The van der Waals surface area contributed by atoms with Crippen molar-refractivity contribution < 1.29 is 8.78 Å². The minimum atomic E-state index is -0.395. The molecule has 0 saturated heterocycles. The third-order valence-electron chi connectivity index (χ3n) is 2.57. The fourth-order valence-corrected chi connectivity index (χ4v) is 2.09. The Morgan fingerprint density at radius 1 is 1.17 bits per heavy atom. The van der Waals surface area contributed by atoms with Gasteiger partial charge in [0, 0.05) is 6.07 Å².